The van der Waals surface area contributed by atoms with Crippen molar-refractivity contribution in [2.75, 3.05) is 0 Å². The molecule has 6 nitrogen and oxygen atoms in total. The first-order valence-corrected chi connectivity index (χ1v) is 10.9. The molecule has 1 aromatic heterocycles. The number of carbonyl (C=O) groups excluding carboxylic acids is 2. The van der Waals surface area contributed by atoms with Crippen LogP contribution in [-0.4, -0.2) is 27.1 Å². The second-order valence-corrected chi connectivity index (χ2v) is 8.78. The number of benzene rings is 2. The highest BCUT2D eigenvalue weighted by Crippen LogP contribution is 2.32. The first-order chi connectivity index (χ1) is 14.8. The van der Waals surface area contributed by atoms with E-state index < -0.39 is 0 Å². The number of aryl methyl sites for hydroxylation is 2. The largest absolute Gasteiger partial charge is 0.350 e. The summed E-state index contributed by atoms with van der Waals surface area (Å²) in [5, 5.41) is 13.0. The molecule has 4 rings (SSSR count). The van der Waals surface area contributed by atoms with Crippen molar-refractivity contribution in [2.24, 2.45) is 7.05 Å². The molecule has 1 fully saturated rings. The van der Waals surface area contributed by atoms with Crippen molar-refractivity contribution in [1.29, 1.82) is 0 Å². The Kier molecular flexibility index (Phi) is 5.81. The summed E-state index contributed by atoms with van der Waals surface area (Å²) in [6.07, 6.45) is 4.92. The van der Waals surface area contributed by atoms with Crippen LogP contribution < -0.4 is 10.6 Å². The molecule has 0 bridgehead atoms. The summed E-state index contributed by atoms with van der Waals surface area (Å²) in [7, 11) is 1.88. The van der Waals surface area contributed by atoms with E-state index in [-0.39, 0.29) is 23.4 Å². The van der Waals surface area contributed by atoms with Crippen LogP contribution in [0, 0.1) is 6.92 Å². The van der Waals surface area contributed by atoms with Gasteiger partial charge < -0.3 is 10.6 Å². The zero-order valence-corrected chi connectivity index (χ0v) is 18.4. The predicted molar refractivity (Wildman–Crippen MR) is 121 cm³/mol. The number of aromatic nitrogens is 2. The highest BCUT2D eigenvalue weighted by atomic mass is 16.2. The Balaban J connectivity index is 1.46. The monoisotopic (exact) mass is 418 g/mol. The van der Waals surface area contributed by atoms with Gasteiger partial charge in [0.05, 0.1) is 11.7 Å². The molecule has 0 unspecified atom stereocenters. The van der Waals surface area contributed by atoms with Gasteiger partial charge in [-0.3, -0.25) is 14.3 Å². The van der Waals surface area contributed by atoms with Crippen LogP contribution in [0.4, 0.5) is 0 Å². The zero-order valence-electron chi connectivity index (χ0n) is 18.4. The van der Waals surface area contributed by atoms with E-state index in [2.05, 4.69) is 46.1 Å². The molecule has 2 heterocycles. The molecule has 1 aliphatic rings. The summed E-state index contributed by atoms with van der Waals surface area (Å²) in [5.74, 6) is 0.0641. The van der Waals surface area contributed by atoms with E-state index >= 15 is 0 Å². The van der Waals surface area contributed by atoms with Crippen LogP contribution >= 0.6 is 0 Å². The lowest BCUT2D eigenvalue weighted by Crippen LogP contribution is -2.44. The van der Waals surface area contributed by atoms with Gasteiger partial charge in [0.1, 0.15) is 0 Å². The SMILES string of the molecule is Cc1nn(C)cc1[C@H](C)NC(=O)CC[C@@]1(Cc2cccc3ccccc23)CCC(=O)N1. The number of fused-ring (bicyclic) bond motifs is 1. The van der Waals surface area contributed by atoms with E-state index in [9.17, 15) is 9.59 Å². The standard InChI is InChI=1S/C25H30N4O2/c1-17(22-16-29(3)28-18(22)2)26-23(30)11-13-25(14-12-24(31)27-25)15-20-9-6-8-19-7-4-5-10-21(19)20/h4-10,16-17H,11-15H2,1-3H3,(H,26,30)(H,27,31)/t17-,25-/m0/s1. The predicted octanol–water partition coefficient (Wildman–Crippen LogP) is 3.73. The molecule has 3 aromatic rings. The van der Waals surface area contributed by atoms with Crippen molar-refractivity contribution in [2.45, 2.75) is 57.5 Å². The van der Waals surface area contributed by atoms with E-state index in [1.807, 2.05) is 39.2 Å². The molecule has 2 aromatic carbocycles. The number of nitrogens with zero attached hydrogens (tertiary/aromatic N) is 2. The quantitative estimate of drug-likeness (QED) is 0.614. The third kappa shape index (κ3) is 4.63. The van der Waals surface area contributed by atoms with Gasteiger partial charge in [0.25, 0.3) is 0 Å². The molecule has 1 aliphatic heterocycles. The fourth-order valence-corrected chi connectivity index (χ4v) is 4.78. The molecule has 6 heteroatoms. The summed E-state index contributed by atoms with van der Waals surface area (Å²) < 4.78 is 1.76. The molecular weight excluding hydrogens is 388 g/mol. The van der Waals surface area contributed by atoms with Crippen molar-refractivity contribution in [3.05, 3.63) is 65.5 Å². The first-order valence-electron chi connectivity index (χ1n) is 10.9. The Labute approximate surface area is 183 Å². The van der Waals surface area contributed by atoms with Crippen molar-refractivity contribution < 1.29 is 9.59 Å². The molecule has 162 valence electrons. The van der Waals surface area contributed by atoms with Gasteiger partial charge in [0.2, 0.25) is 11.8 Å². The molecular formula is C25H30N4O2. The van der Waals surface area contributed by atoms with Crippen LogP contribution in [0.25, 0.3) is 10.8 Å². The second kappa shape index (κ2) is 8.53. The molecule has 0 spiro atoms. The van der Waals surface area contributed by atoms with Gasteiger partial charge in [-0.05, 0) is 49.4 Å². The van der Waals surface area contributed by atoms with Crippen molar-refractivity contribution in [3.8, 4) is 0 Å². The van der Waals surface area contributed by atoms with Gasteiger partial charge in [-0.1, -0.05) is 42.5 Å². The lowest BCUT2D eigenvalue weighted by molar-refractivity contribution is -0.123. The topological polar surface area (TPSA) is 76.0 Å². The van der Waals surface area contributed by atoms with Crippen molar-refractivity contribution >= 4 is 22.6 Å². The number of hydrogen-bond acceptors (Lipinski definition) is 3. The average Bonchev–Trinajstić information content (AvgIpc) is 3.28. The summed E-state index contributed by atoms with van der Waals surface area (Å²) in [5.41, 5.74) is 2.77. The van der Waals surface area contributed by atoms with Crippen LogP contribution in [0.15, 0.2) is 48.7 Å². The molecule has 0 radical (unpaired) electrons. The molecule has 31 heavy (non-hydrogen) atoms. The fraction of sp³-hybridized carbons (Fsp3) is 0.400. The summed E-state index contributed by atoms with van der Waals surface area (Å²) >= 11 is 0. The second-order valence-electron chi connectivity index (χ2n) is 8.78. The van der Waals surface area contributed by atoms with Crippen LogP contribution in [0.3, 0.4) is 0 Å². The minimum absolute atomic E-state index is 0.00537. The molecule has 0 aliphatic carbocycles. The Bertz CT molecular complexity index is 1110. The minimum Gasteiger partial charge on any atom is -0.350 e. The Hall–Kier alpha value is -3.15. The highest BCUT2D eigenvalue weighted by Gasteiger charge is 2.38. The molecule has 0 saturated carbocycles. The number of hydrogen-bond donors (Lipinski definition) is 2. The van der Waals surface area contributed by atoms with Gasteiger partial charge >= 0.3 is 0 Å². The van der Waals surface area contributed by atoms with Gasteiger partial charge in [0, 0.05) is 37.2 Å². The maximum atomic E-state index is 12.7. The molecule has 2 N–H and O–H groups in total. The molecule has 2 amide bonds. The first kappa shape index (κ1) is 21.1. The summed E-state index contributed by atoms with van der Waals surface area (Å²) in [6, 6.07) is 14.5. The van der Waals surface area contributed by atoms with Crippen LogP contribution in [0.5, 0.6) is 0 Å². The maximum Gasteiger partial charge on any atom is 0.220 e. The summed E-state index contributed by atoms with van der Waals surface area (Å²) in [4.78, 5) is 24.9. The number of rotatable bonds is 7. The van der Waals surface area contributed by atoms with E-state index in [0.717, 1.165) is 24.1 Å². The van der Waals surface area contributed by atoms with Crippen molar-refractivity contribution in [1.82, 2.24) is 20.4 Å². The lowest BCUT2D eigenvalue weighted by Gasteiger charge is -2.30. The van der Waals surface area contributed by atoms with Gasteiger partial charge in [0.15, 0.2) is 0 Å². The smallest absolute Gasteiger partial charge is 0.220 e. The Morgan fingerprint density at radius 3 is 2.74 bits per heavy atom. The highest BCUT2D eigenvalue weighted by molar-refractivity contribution is 5.86. The van der Waals surface area contributed by atoms with Gasteiger partial charge in [-0.15, -0.1) is 0 Å². The fourth-order valence-electron chi connectivity index (χ4n) is 4.78. The Morgan fingerprint density at radius 1 is 1.26 bits per heavy atom. The van der Waals surface area contributed by atoms with E-state index in [0.29, 0.717) is 19.3 Å². The third-order valence-electron chi connectivity index (χ3n) is 6.37. The van der Waals surface area contributed by atoms with Crippen LogP contribution in [0.1, 0.15) is 55.5 Å². The molecule has 2 atom stereocenters. The van der Waals surface area contributed by atoms with E-state index in [1.165, 1.54) is 16.3 Å². The number of nitrogens with one attached hydrogen (secondary N) is 2. The zero-order chi connectivity index (χ0) is 22.0. The minimum atomic E-state index is -0.383. The van der Waals surface area contributed by atoms with Gasteiger partial charge in [-0.2, -0.15) is 5.10 Å². The molecule has 1 saturated heterocycles. The van der Waals surface area contributed by atoms with Gasteiger partial charge in [-0.25, -0.2) is 0 Å². The van der Waals surface area contributed by atoms with Crippen molar-refractivity contribution in [3.63, 3.8) is 0 Å². The normalized spacial score (nSPS) is 19.4. The number of carbonyl (C=O) groups is 2. The summed E-state index contributed by atoms with van der Waals surface area (Å²) in [6.45, 7) is 3.93. The lowest BCUT2D eigenvalue weighted by atomic mass is 9.83. The Morgan fingerprint density at radius 2 is 2.03 bits per heavy atom. The van der Waals surface area contributed by atoms with E-state index in [1.54, 1.807) is 4.68 Å². The van der Waals surface area contributed by atoms with Crippen LogP contribution in [0.2, 0.25) is 0 Å². The number of amides is 2. The maximum absolute atomic E-state index is 12.7. The van der Waals surface area contributed by atoms with E-state index in [4.69, 9.17) is 0 Å². The third-order valence-corrected chi connectivity index (χ3v) is 6.37. The average molecular weight is 419 g/mol. The van der Waals surface area contributed by atoms with Crippen LogP contribution in [-0.2, 0) is 23.1 Å².